The fourth-order valence-electron chi connectivity index (χ4n) is 13.3. The number of rotatable bonds is 48. The lowest BCUT2D eigenvalue weighted by Crippen LogP contribution is -2.82. The predicted molar refractivity (Wildman–Crippen MR) is 331 cm³/mol. The first-order chi connectivity index (χ1) is 46.2. The number of imide groups is 1. The maximum atomic E-state index is 17.5. The van der Waals surface area contributed by atoms with E-state index in [1.165, 1.54) is 24.3 Å². The number of ketones is 2. The van der Waals surface area contributed by atoms with Crippen molar-refractivity contribution < 1.29 is 118 Å². The highest BCUT2D eigenvalue weighted by Crippen LogP contribution is 2.75. The molecule has 0 radical (unpaired) electrons. The number of amides is 4. The number of carbonyl (C=O) groups excluding carboxylic acids is 6. The molecule has 5 fully saturated rings. The van der Waals surface area contributed by atoms with Crippen molar-refractivity contribution in [3.63, 3.8) is 0 Å². The van der Waals surface area contributed by atoms with Crippen LogP contribution in [0.15, 0.2) is 84.5 Å². The van der Waals surface area contributed by atoms with Crippen molar-refractivity contribution in [2.75, 3.05) is 184 Å². The molecule has 1 unspecified atom stereocenters. The summed E-state index contributed by atoms with van der Waals surface area (Å²) in [7, 11) is 0. The number of nitrogens with zero attached hydrogens (tertiary/aromatic N) is 1. The number of nitrogens with one attached hydrogen (secondary N) is 2. The van der Waals surface area contributed by atoms with E-state index in [0.29, 0.717) is 181 Å². The summed E-state index contributed by atoms with van der Waals surface area (Å²) >= 11 is 0. The largest absolute Gasteiger partial charge is 0.457 e. The summed E-state index contributed by atoms with van der Waals surface area (Å²) in [6.07, 6.45) is 1.95. The number of anilines is 1. The summed E-state index contributed by atoms with van der Waals surface area (Å²) in [5.74, 6) is -2.70. The van der Waals surface area contributed by atoms with Crippen LogP contribution in [0.25, 0.3) is 0 Å². The molecule has 524 valence electrons. The Morgan fingerprint density at radius 3 is 1.55 bits per heavy atom. The van der Waals surface area contributed by atoms with Crippen molar-refractivity contribution in [2.24, 2.45) is 17.3 Å². The molecule has 9 rings (SSSR count). The minimum atomic E-state index is -1.99. The summed E-state index contributed by atoms with van der Waals surface area (Å²) < 4.78 is 125. The Kier molecular flexibility index (Phi) is 28.3. The van der Waals surface area contributed by atoms with Crippen LogP contribution in [0.2, 0.25) is 0 Å². The Bertz CT molecular complexity index is 2910. The Morgan fingerprint density at radius 2 is 1.05 bits per heavy atom. The number of hydrogen-bond donors (Lipinski definition) is 3. The molecule has 3 saturated carbocycles. The van der Waals surface area contributed by atoms with Gasteiger partial charge in [0, 0.05) is 59.8 Å². The van der Waals surface area contributed by atoms with E-state index < -0.39 is 88.8 Å². The molecule has 0 bridgehead atoms. The molecular weight excluding hydrogens is 1250 g/mol. The second-order valence-corrected chi connectivity index (χ2v) is 23.7. The van der Waals surface area contributed by atoms with Gasteiger partial charge in [-0.3, -0.25) is 33.7 Å². The summed E-state index contributed by atoms with van der Waals surface area (Å²) in [5, 5.41) is 15.9. The fourth-order valence-corrected chi connectivity index (χ4v) is 13.3. The molecule has 3 aliphatic heterocycles. The molecule has 1 spiro atoms. The SMILES string of the molecule is C[C@]12C[C@@H]3O[C@]45C=CC(=O)C=C4[C@@H](F)C[C@@H](C1C[C@H]1O[C@@H](c4ccc(Oc6ccc(NC(=O)CCOCCOCCOCCOCCOCCOCCOCCOCCOCCOCCOCCOCCNC(=O)CCN7C(=O)C=CC7=O)cc6)cc4)O[C@]12C(=O)CO)[C@]35F. The lowest BCUT2D eigenvalue weighted by molar-refractivity contribution is -0.360. The second kappa shape index (κ2) is 36.6. The third-order valence-electron chi connectivity index (χ3n) is 17.9. The van der Waals surface area contributed by atoms with Crippen LogP contribution >= 0.6 is 0 Å². The first-order valence-electron chi connectivity index (χ1n) is 32.6. The number of aliphatic hydroxyl groups is 1. The molecule has 7 aliphatic rings. The highest BCUT2D eigenvalue weighted by Gasteiger charge is 2.85. The quantitative estimate of drug-likeness (QED) is 0.0626. The van der Waals surface area contributed by atoms with Crippen molar-refractivity contribution in [1.29, 1.82) is 0 Å². The summed E-state index contributed by atoms with van der Waals surface area (Å²) in [5.41, 5.74) is -5.20. The van der Waals surface area contributed by atoms with Crippen LogP contribution in [0.4, 0.5) is 14.5 Å². The zero-order valence-corrected chi connectivity index (χ0v) is 53.7. The van der Waals surface area contributed by atoms with Gasteiger partial charge in [0.05, 0.1) is 177 Å². The minimum Gasteiger partial charge on any atom is -0.457 e. The van der Waals surface area contributed by atoms with Gasteiger partial charge in [-0.1, -0.05) is 19.1 Å². The Balaban J connectivity index is 0.494. The Hall–Kier alpha value is -5.90. The molecule has 3 N–H and O–H groups in total. The second-order valence-electron chi connectivity index (χ2n) is 23.7. The van der Waals surface area contributed by atoms with Gasteiger partial charge in [0.2, 0.25) is 11.8 Å². The van der Waals surface area contributed by atoms with Crippen LogP contribution in [-0.2, 0) is 99.8 Å². The van der Waals surface area contributed by atoms with E-state index >= 15 is 8.78 Å². The van der Waals surface area contributed by atoms with Crippen LogP contribution in [0, 0.1) is 17.3 Å². The molecular formula is C67H89F2N3O23. The van der Waals surface area contributed by atoms with Gasteiger partial charge in [-0.25, -0.2) is 8.78 Å². The number of fused-ring (bicyclic) bond motifs is 4. The van der Waals surface area contributed by atoms with E-state index in [9.17, 15) is 33.9 Å². The summed E-state index contributed by atoms with van der Waals surface area (Å²) in [6, 6.07) is 13.8. The molecule has 2 saturated heterocycles. The van der Waals surface area contributed by atoms with E-state index in [2.05, 4.69) is 10.6 Å². The Labute approximate surface area is 550 Å². The molecule has 10 atom stereocenters. The zero-order valence-electron chi connectivity index (χ0n) is 53.7. The highest BCUT2D eigenvalue weighted by atomic mass is 19.1. The van der Waals surface area contributed by atoms with Crippen molar-refractivity contribution in [3.05, 3.63) is 90.0 Å². The van der Waals surface area contributed by atoms with Crippen LogP contribution in [0.5, 0.6) is 11.5 Å². The van der Waals surface area contributed by atoms with Gasteiger partial charge in [-0.15, -0.1) is 0 Å². The van der Waals surface area contributed by atoms with Crippen LogP contribution in [-0.4, -0.2) is 259 Å². The maximum absolute atomic E-state index is 17.5. The van der Waals surface area contributed by atoms with Gasteiger partial charge in [0.25, 0.3) is 11.8 Å². The molecule has 4 aliphatic carbocycles. The summed E-state index contributed by atoms with van der Waals surface area (Å²) in [6.45, 7) is 11.0. The monoisotopic (exact) mass is 1340 g/mol. The minimum absolute atomic E-state index is 0.0100. The zero-order chi connectivity index (χ0) is 66.9. The van der Waals surface area contributed by atoms with Gasteiger partial charge in [0.15, 0.2) is 29.1 Å². The molecule has 2 aromatic rings. The fraction of sp³-hybridized carbons (Fsp3) is 0.642. The van der Waals surface area contributed by atoms with Crippen molar-refractivity contribution >= 4 is 40.9 Å². The lowest BCUT2D eigenvalue weighted by atomic mass is 9.44. The average molecular weight is 1340 g/mol. The molecule has 4 amide bonds. The van der Waals surface area contributed by atoms with E-state index in [1.807, 2.05) is 6.92 Å². The number of hydrogen-bond acceptors (Lipinski definition) is 23. The van der Waals surface area contributed by atoms with Gasteiger partial charge < -0.3 is 91.5 Å². The lowest BCUT2D eigenvalue weighted by Gasteiger charge is -2.71. The number of benzene rings is 2. The Morgan fingerprint density at radius 1 is 0.579 bits per heavy atom. The van der Waals surface area contributed by atoms with Gasteiger partial charge in [-0.05, 0) is 79.8 Å². The topological polar surface area (TPSA) is 298 Å². The smallest absolute Gasteiger partial charge is 0.253 e. The third-order valence-corrected chi connectivity index (χ3v) is 17.9. The number of Topliss-reactive ketones (excluding diaryl/α,β-unsaturated/α-hetero) is 1. The average Bonchev–Trinajstić information content (AvgIpc) is 1.63. The van der Waals surface area contributed by atoms with E-state index in [4.69, 9.17) is 75.8 Å². The number of aliphatic hydroxyl groups excluding tert-OH is 1. The van der Waals surface area contributed by atoms with Crippen LogP contribution in [0.3, 0.4) is 0 Å². The third kappa shape index (κ3) is 18.7. The molecule has 26 nitrogen and oxygen atoms in total. The number of carbonyl (C=O) groups is 6. The van der Waals surface area contributed by atoms with Gasteiger partial charge in [0.1, 0.15) is 29.9 Å². The molecule has 95 heavy (non-hydrogen) atoms. The van der Waals surface area contributed by atoms with Crippen LogP contribution < -0.4 is 15.4 Å². The number of ether oxygens (including phenoxy) is 16. The van der Waals surface area contributed by atoms with Crippen molar-refractivity contribution in [1.82, 2.24) is 10.2 Å². The van der Waals surface area contributed by atoms with Crippen LogP contribution in [0.1, 0.15) is 50.9 Å². The van der Waals surface area contributed by atoms with Crippen molar-refractivity contribution in [2.45, 2.75) is 80.6 Å². The first kappa shape index (κ1) is 73.3. The number of halogens is 2. The molecule has 2 aromatic carbocycles. The van der Waals surface area contributed by atoms with E-state index in [-0.39, 0.29) is 62.6 Å². The molecule has 3 heterocycles. The molecule has 28 heteroatoms. The van der Waals surface area contributed by atoms with Gasteiger partial charge in [-0.2, -0.15) is 0 Å². The number of alkyl halides is 2. The predicted octanol–water partition coefficient (Wildman–Crippen LogP) is 3.85. The van der Waals surface area contributed by atoms with E-state index in [0.717, 1.165) is 11.0 Å². The molecule has 0 aromatic heterocycles. The van der Waals surface area contributed by atoms with Gasteiger partial charge >= 0.3 is 0 Å². The normalized spacial score (nSPS) is 26.8. The first-order valence-corrected chi connectivity index (χ1v) is 32.6. The van der Waals surface area contributed by atoms with E-state index in [1.54, 1.807) is 48.5 Å². The summed E-state index contributed by atoms with van der Waals surface area (Å²) in [4.78, 5) is 74.6. The van der Waals surface area contributed by atoms with Crippen molar-refractivity contribution in [3.8, 4) is 11.5 Å². The maximum Gasteiger partial charge on any atom is 0.253 e. The standard InChI is InChI=1S/C67H89F2N3O23/c1-64-45-58-66(69)53(43-55(68)54-42-49(74)12-15-65(54,66)94-58)52(64)44-57-67(64,56(75)46-73)95-63(93-57)47-2-6-50(7-3-47)92-51-8-4-48(5-9-51)71-60(77)14-18-80-20-22-82-24-26-84-28-30-86-32-34-88-36-38-90-40-41-91-39-37-89-35-33-87-31-29-85-27-25-83-23-21-81-19-16-70-59(76)13-17-72-61(78)10-11-62(72)79/h2-12,15,42,52-53,55,57-58,63,73H,13-14,16-41,43-46H2,1H3,(H,70,76)(H,71,77)/t52?,53-,55-,57+,58-,63+,64-,65+,66-,67+/m0/s1. The highest BCUT2D eigenvalue weighted by molar-refractivity contribution is 6.13. The number of allylic oxidation sites excluding steroid dienone is 2.